The highest BCUT2D eigenvalue weighted by Gasteiger charge is 2.38. The van der Waals surface area contributed by atoms with Crippen molar-refractivity contribution < 1.29 is 41.4 Å². The number of fused-ring (bicyclic) bond motifs is 1. The van der Waals surface area contributed by atoms with Crippen molar-refractivity contribution in [3.63, 3.8) is 0 Å². The van der Waals surface area contributed by atoms with Gasteiger partial charge in [0.15, 0.2) is 0 Å². The molecule has 0 spiro atoms. The van der Waals surface area contributed by atoms with Crippen LogP contribution in [0.1, 0.15) is 27.2 Å². The second kappa shape index (κ2) is 12.6. The zero-order valence-corrected chi connectivity index (χ0v) is 22.8. The lowest BCUT2D eigenvalue weighted by Crippen LogP contribution is -2.46. The lowest BCUT2D eigenvalue weighted by molar-refractivity contribution is -0.192. The van der Waals surface area contributed by atoms with Crippen molar-refractivity contribution in [3.8, 4) is 11.4 Å². The Bertz CT molecular complexity index is 1590. The molecule has 4 aromatic rings. The van der Waals surface area contributed by atoms with Gasteiger partial charge in [-0.25, -0.2) is 13.6 Å². The number of piperazine rings is 1. The van der Waals surface area contributed by atoms with Crippen LogP contribution in [0, 0.1) is 18.6 Å². The largest absolute Gasteiger partial charge is 0.497 e. The average molecular weight is 590 g/mol. The first-order valence-electron chi connectivity index (χ1n) is 12.9. The molecule has 42 heavy (non-hydrogen) atoms. The number of nitrogens with one attached hydrogen (secondary N) is 1. The number of carboxylic acid groups (broad SMARTS) is 1. The number of aromatic nitrogens is 1. The summed E-state index contributed by atoms with van der Waals surface area (Å²) in [6, 6.07) is 16.8. The highest BCUT2D eigenvalue weighted by Crippen LogP contribution is 2.35. The Labute approximate surface area is 238 Å². The van der Waals surface area contributed by atoms with Gasteiger partial charge in [0.25, 0.3) is 5.91 Å². The third-order valence-electron chi connectivity index (χ3n) is 6.96. The first-order chi connectivity index (χ1) is 19.9. The van der Waals surface area contributed by atoms with Gasteiger partial charge >= 0.3 is 12.1 Å². The number of carbonyl (C=O) groups is 2. The molecule has 2 heterocycles. The van der Waals surface area contributed by atoms with E-state index in [4.69, 9.17) is 14.6 Å². The fraction of sp³-hybridized carbons (Fsp3) is 0.267. The van der Waals surface area contributed by atoms with Crippen LogP contribution in [0.25, 0.3) is 16.6 Å². The van der Waals surface area contributed by atoms with Gasteiger partial charge in [0.1, 0.15) is 17.4 Å². The normalized spacial score (nSPS) is 13.5. The van der Waals surface area contributed by atoms with Crippen LogP contribution in [-0.4, -0.2) is 65.9 Å². The molecule has 5 rings (SSSR count). The number of amides is 1. The molecule has 0 atom stereocenters. The summed E-state index contributed by atoms with van der Waals surface area (Å²) in [6.45, 7) is 4.42. The standard InChI is InChI=1S/C28H27F2N3O2.C2HF3O2/c1-18-19(4-3-5-24(18)30)16-26-27(28(34)32-14-12-31-13-15-32)23-11-10-22(35-2)17-25(23)33(26)21-8-6-20(29)7-9-21;3-2(4,5)1(6)7/h3-11,17,31H,12-16H2,1-2H3;(H,6,7). The predicted molar refractivity (Wildman–Crippen MR) is 146 cm³/mol. The minimum atomic E-state index is -5.08. The summed E-state index contributed by atoms with van der Waals surface area (Å²) in [5, 5.41) is 11.2. The molecule has 0 saturated carbocycles. The van der Waals surface area contributed by atoms with Crippen LogP contribution in [0.2, 0.25) is 0 Å². The Hall–Kier alpha value is -4.45. The number of nitrogens with zero attached hydrogens (tertiary/aromatic N) is 2. The van der Waals surface area contributed by atoms with Gasteiger partial charge in [-0.2, -0.15) is 13.2 Å². The van der Waals surface area contributed by atoms with Gasteiger partial charge < -0.3 is 24.6 Å². The summed E-state index contributed by atoms with van der Waals surface area (Å²) in [6.07, 6.45) is -4.74. The van der Waals surface area contributed by atoms with Crippen LogP contribution < -0.4 is 10.1 Å². The van der Waals surface area contributed by atoms with Gasteiger partial charge in [0.05, 0.1) is 18.2 Å². The Balaban J connectivity index is 0.000000517. The highest BCUT2D eigenvalue weighted by molar-refractivity contribution is 6.09. The van der Waals surface area contributed by atoms with Gasteiger partial charge in [-0.05, 0) is 60.5 Å². The predicted octanol–water partition coefficient (Wildman–Crippen LogP) is 5.50. The van der Waals surface area contributed by atoms with E-state index in [1.807, 2.05) is 33.7 Å². The van der Waals surface area contributed by atoms with Crippen molar-refractivity contribution in [2.45, 2.75) is 19.5 Å². The van der Waals surface area contributed by atoms with E-state index in [0.29, 0.717) is 42.1 Å². The number of carbonyl (C=O) groups excluding carboxylic acids is 1. The van der Waals surface area contributed by atoms with Gasteiger partial charge in [0, 0.05) is 55.4 Å². The van der Waals surface area contributed by atoms with Crippen molar-refractivity contribution >= 4 is 22.8 Å². The minimum Gasteiger partial charge on any atom is -0.497 e. The molecule has 0 bridgehead atoms. The fourth-order valence-corrected chi connectivity index (χ4v) is 4.79. The van der Waals surface area contributed by atoms with Gasteiger partial charge in [-0.3, -0.25) is 4.79 Å². The van der Waals surface area contributed by atoms with Crippen LogP contribution in [0.5, 0.6) is 5.75 Å². The smallest absolute Gasteiger partial charge is 0.490 e. The topological polar surface area (TPSA) is 83.8 Å². The Morgan fingerprint density at radius 2 is 1.64 bits per heavy atom. The van der Waals surface area contributed by atoms with Crippen LogP contribution in [-0.2, 0) is 11.2 Å². The Morgan fingerprint density at radius 1 is 1.00 bits per heavy atom. The van der Waals surface area contributed by atoms with Crippen molar-refractivity contribution in [1.29, 1.82) is 0 Å². The monoisotopic (exact) mass is 589 g/mol. The van der Waals surface area contributed by atoms with Crippen LogP contribution in [0.3, 0.4) is 0 Å². The first kappa shape index (κ1) is 30.5. The number of ether oxygens (including phenoxy) is 1. The fourth-order valence-electron chi connectivity index (χ4n) is 4.79. The van der Waals surface area contributed by atoms with E-state index in [9.17, 15) is 26.7 Å². The molecule has 222 valence electrons. The third-order valence-corrected chi connectivity index (χ3v) is 6.96. The van der Waals surface area contributed by atoms with E-state index in [-0.39, 0.29) is 17.5 Å². The van der Waals surface area contributed by atoms with Crippen molar-refractivity contribution in [3.05, 3.63) is 94.7 Å². The highest BCUT2D eigenvalue weighted by atomic mass is 19.4. The summed E-state index contributed by atoms with van der Waals surface area (Å²) >= 11 is 0. The summed E-state index contributed by atoms with van der Waals surface area (Å²) in [5.41, 5.74) is 4.14. The molecule has 1 saturated heterocycles. The van der Waals surface area contributed by atoms with Crippen molar-refractivity contribution in [1.82, 2.24) is 14.8 Å². The number of alkyl halides is 3. The third kappa shape index (κ3) is 6.54. The second-order valence-corrected chi connectivity index (χ2v) is 9.56. The molecule has 1 fully saturated rings. The first-order valence-corrected chi connectivity index (χ1v) is 12.9. The van der Waals surface area contributed by atoms with Gasteiger partial charge in [-0.15, -0.1) is 0 Å². The average Bonchev–Trinajstić information content (AvgIpc) is 3.28. The molecular formula is C30H28F5N3O4. The number of rotatable bonds is 5. The number of aliphatic carboxylic acids is 1. The van der Waals surface area contributed by atoms with E-state index < -0.39 is 12.1 Å². The number of hydrogen-bond donors (Lipinski definition) is 2. The summed E-state index contributed by atoms with van der Waals surface area (Å²) < 4.78 is 67.5. The zero-order valence-electron chi connectivity index (χ0n) is 22.8. The minimum absolute atomic E-state index is 0.0633. The molecule has 7 nitrogen and oxygen atoms in total. The second-order valence-electron chi connectivity index (χ2n) is 9.56. The molecule has 2 N–H and O–H groups in total. The van der Waals surface area contributed by atoms with E-state index in [1.54, 1.807) is 32.2 Å². The lowest BCUT2D eigenvalue weighted by Gasteiger charge is -2.28. The van der Waals surface area contributed by atoms with E-state index in [0.717, 1.165) is 35.2 Å². The number of methoxy groups -OCH3 is 1. The van der Waals surface area contributed by atoms with E-state index in [1.165, 1.54) is 18.2 Å². The number of hydrogen-bond acceptors (Lipinski definition) is 4. The van der Waals surface area contributed by atoms with E-state index in [2.05, 4.69) is 5.32 Å². The molecule has 1 aliphatic rings. The maximum Gasteiger partial charge on any atom is 0.490 e. The van der Waals surface area contributed by atoms with Crippen molar-refractivity contribution in [2.24, 2.45) is 0 Å². The molecule has 0 unspecified atom stereocenters. The molecular weight excluding hydrogens is 561 g/mol. The zero-order chi connectivity index (χ0) is 30.6. The maximum atomic E-state index is 14.5. The van der Waals surface area contributed by atoms with Crippen LogP contribution >= 0.6 is 0 Å². The Kier molecular flexibility index (Phi) is 9.15. The number of carboxylic acids is 1. The number of halogens is 5. The lowest BCUT2D eigenvalue weighted by atomic mass is 9.99. The van der Waals surface area contributed by atoms with Crippen LogP contribution in [0.4, 0.5) is 22.0 Å². The van der Waals surface area contributed by atoms with Gasteiger partial charge in [-0.1, -0.05) is 12.1 Å². The Morgan fingerprint density at radius 3 is 2.24 bits per heavy atom. The van der Waals surface area contributed by atoms with Crippen molar-refractivity contribution in [2.75, 3.05) is 33.3 Å². The quantitative estimate of drug-likeness (QED) is 0.301. The molecule has 1 aromatic heterocycles. The van der Waals surface area contributed by atoms with Gasteiger partial charge in [0.2, 0.25) is 0 Å². The number of benzene rings is 3. The molecule has 1 amide bonds. The summed E-state index contributed by atoms with van der Waals surface area (Å²) in [7, 11) is 1.59. The molecule has 1 aliphatic heterocycles. The van der Waals surface area contributed by atoms with Crippen LogP contribution in [0.15, 0.2) is 60.7 Å². The summed E-state index contributed by atoms with van der Waals surface area (Å²) in [4.78, 5) is 24.7. The molecule has 0 aliphatic carbocycles. The maximum absolute atomic E-state index is 14.5. The SMILES string of the molecule is COc1ccc2c(C(=O)N3CCNCC3)c(Cc3cccc(F)c3C)n(-c3ccc(F)cc3)c2c1.O=C(O)C(F)(F)F. The summed E-state index contributed by atoms with van der Waals surface area (Å²) in [5.74, 6) is -2.81. The molecule has 0 radical (unpaired) electrons. The van der Waals surface area contributed by atoms with E-state index >= 15 is 0 Å². The molecule has 12 heteroatoms. The molecule has 3 aromatic carbocycles.